The Morgan fingerprint density at radius 3 is 2.50 bits per heavy atom. The van der Waals surface area contributed by atoms with Crippen LogP contribution in [0.15, 0.2) is 36.4 Å². The molecule has 184 valence electrons. The van der Waals surface area contributed by atoms with Crippen molar-refractivity contribution in [2.75, 3.05) is 70.4 Å². The van der Waals surface area contributed by atoms with E-state index in [0.717, 1.165) is 66.5 Å². The number of amides is 1. The van der Waals surface area contributed by atoms with Crippen LogP contribution in [0.1, 0.15) is 22.3 Å². The zero-order valence-electron chi connectivity index (χ0n) is 20.2. The molecule has 0 saturated carbocycles. The number of anilines is 2. The first-order chi connectivity index (χ1) is 16.0. The van der Waals surface area contributed by atoms with E-state index in [2.05, 4.69) is 11.8 Å². The van der Waals surface area contributed by atoms with Crippen molar-refractivity contribution < 1.29 is 14.3 Å². The Labute approximate surface area is 211 Å². The lowest BCUT2D eigenvalue weighted by Crippen LogP contribution is -2.39. The van der Waals surface area contributed by atoms with Crippen LogP contribution < -0.4 is 14.5 Å². The Bertz CT molecular complexity index is 1100. The van der Waals surface area contributed by atoms with Gasteiger partial charge in [0.15, 0.2) is 5.13 Å². The summed E-state index contributed by atoms with van der Waals surface area (Å²) in [4.78, 5) is 24.7. The largest absolute Gasteiger partial charge is 0.494 e. The smallest absolute Gasteiger partial charge is 0.260 e. The molecule has 0 N–H and O–H groups in total. The summed E-state index contributed by atoms with van der Waals surface area (Å²) >= 11 is 1.55. The average molecular weight is 505 g/mol. The van der Waals surface area contributed by atoms with Gasteiger partial charge in [0.2, 0.25) is 0 Å². The summed E-state index contributed by atoms with van der Waals surface area (Å²) in [5.74, 6) is 0.701. The van der Waals surface area contributed by atoms with Gasteiger partial charge in [0.25, 0.3) is 5.91 Å². The Morgan fingerprint density at radius 1 is 1.15 bits per heavy atom. The molecular weight excluding hydrogens is 472 g/mol. The molecule has 1 fully saturated rings. The predicted octanol–water partition coefficient (Wildman–Crippen LogP) is 4.47. The van der Waals surface area contributed by atoms with Gasteiger partial charge in [0, 0.05) is 51.5 Å². The molecule has 34 heavy (non-hydrogen) atoms. The van der Waals surface area contributed by atoms with E-state index in [1.54, 1.807) is 18.4 Å². The van der Waals surface area contributed by atoms with Gasteiger partial charge in [-0.2, -0.15) is 0 Å². The van der Waals surface area contributed by atoms with Crippen molar-refractivity contribution in [3.63, 3.8) is 0 Å². The Hall–Kier alpha value is -2.39. The number of hydrogen-bond donors (Lipinski definition) is 0. The van der Waals surface area contributed by atoms with Gasteiger partial charge in [-0.05, 0) is 49.2 Å². The lowest BCUT2D eigenvalue weighted by molar-refractivity contribution is 0.0376. The summed E-state index contributed by atoms with van der Waals surface area (Å²) in [6.45, 7) is 7.03. The van der Waals surface area contributed by atoms with Crippen molar-refractivity contribution in [2.45, 2.75) is 13.3 Å². The first-order valence-corrected chi connectivity index (χ1v) is 12.1. The maximum atomic E-state index is 13.6. The molecule has 9 heteroatoms. The first kappa shape index (κ1) is 26.2. The normalized spacial score (nSPS) is 14.0. The molecule has 0 radical (unpaired) electrons. The highest BCUT2D eigenvalue weighted by atomic mass is 35.5. The number of nitrogens with zero attached hydrogens (tertiary/aromatic N) is 4. The molecule has 1 aromatic heterocycles. The van der Waals surface area contributed by atoms with E-state index >= 15 is 0 Å². The minimum absolute atomic E-state index is 0. The number of thiazole rings is 1. The van der Waals surface area contributed by atoms with Crippen molar-refractivity contribution in [3.05, 3.63) is 47.5 Å². The van der Waals surface area contributed by atoms with E-state index in [1.807, 2.05) is 60.3 Å². The quantitative estimate of drug-likeness (QED) is 0.451. The van der Waals surface area contributed by atoms with Crippen molar-refractivity contribution in [1.29, 1.82) is 0 Å². The van der Waals surface area contributed by atoms with Gasteiger partial charge < -0.3 is 14.4 Å². The number of aromatic nitrogens is 1. The minimum Gasteiger partial charge on any atom is -0.494 e. The fourth-order valence-electron chi connectivity index (χ4n) is 4.00. The molecule has 1 saturated heterocycles. The number of rotatable bonds is 8. The van der Waals surface area contributed by atoms with Gasteiger partial charge in [-0.15, -0.1) is 12.4 Å². The SMILES string of the molecule is COc1ccc(C)c2sc(N(CCCN3CCOCC3)C(=O)c3ccc(N(C)C)cc3)nc12.Cl. The number of fused-ring (bicyclic) bond motifs is 1. The van der Waals surface area contributed by atoms with E-state index in [0.29, 0.717) is 17.2 Å². The average Bonchev–Trinajstić information content (AvgIpc) is 3.28. The second-order valence-corrected chi connectivity index (χ2v) is 9.44. The van der Waals surface area contributed by atoms with Crippen LogP contribution in [0.2, 0.25) is 0 Å². The molecule has 2 heterocycles. The highest BCUT2D eigenvalue weighted by molar-refractivity contribution is 7.22. The van der Waals surface area contributed by atoms with Crippen molar-refractivity contribution in [2.24, 2.45) is 0 Å². The van der Waals surface area contributed by atoms with Crippen LogP contribution in [0.4, 0.5) is 10.8 Å². The van der Waals surface area contributed by atoms with Gasteiger partial charge in [-0.25, -0.2) is 4.98 Å². The summed E-state index contributed by atoms with van der Waals surface area (Å²) in [5, 5.41) is 0.710. The van der Waals surface area contributed by atoms with Crippen LogP contribution in [-0.2, 0) is 4.74 Å². The molecule has 0 atom stereocenters. The molecule has 1 aliphatic heterocycles. The number of carbonyl (C=O) groups is 1. The fourth-order valence-corrected chi connectivity index (χ4v) is 5.07. The summed E-state index contributed by atoms with van der Waals surface area (Å²) in [6, 6.07) is 11.7. The number of carbonyl (C=O) groups excluding carboxylic acids is 1. The molecule has 0 bridgehead atoms. The molecule has 7 nitrogen and oxygen atoms in total. The third-order valence-corrected chi connectivity index (χ3v) is 7.19. The van der Waals surface area contributed by atoms with Crippen LogP contribution in [-0.4, -0.2) is 76.4 Å². The number of ether oxygens (including phenoxy) is 2. The number of methoxy groups -OCH3 is 1. The van der Waals surface area contributed by atoms with Crippen molar-refractivity contribution in [1.82, 2.24) is 9.88 Å². The fraction of sp³-hybridized carbons (Fsp3) is 0.440. The first-order valence-electron chi connectivity index (χ1n) is 11.3. The standard InChI is InChI=1S/C25H32N4O3S.ClH/c1-18-6-11-21(31-4)22-23(18)33-25(26-22)29(13-5-12-28-14-16-32-17-15-28)24(30)19-7-9-20(10-8-19)27(2)3;/h6-11H,5,12-17H2,1-4H3;1H. The lowest BCUT2D eigenvalue weighted by atomic mass is 10.1. The van der Waals surface area contributed by atoms with E-state index in [-0.39, 0.29) is 18.3 Å². The number of hydrogen-bond acceptors (Lipinski definition) is 7. The summed E-state index contributed by atoms with van der Waals surface area (Å²) in [7, 11) is 5.64. The topological polar surface area (TPSA) is 58.1 Å². The van der Waals surface area contributed by atoms with E-state index in [1.165, 1.54) is 0 Å². The molecule has 2 aromatic carbocycles. The van der Waals surface area contributed by atoms with E-state index < -0.39 is 0 Å². The molecule has 0 spiro atoms. The van der Waals surface area contributed by atoms with Gasteiger partial charge in [0.05, 0.1) is 25.0 Å². The van der Waals surface area contributed by atoms with Gasteiger partial charge in [0.1, 0.15) is 11.3 Å². The molecular formula is C25H33ClN4O3S. The maximum Gasteiger partial charge on any atom is 0.260 e. The van der Waals surface area contributed by atoms with Crippen LogP contribution in [0.3, 0.4) is 0 Å². The second-order valence-electron chi connectivity index (χ2n) is 8.46. The van der Waals surface area contributed by atoms with Gasteiger partial charge >= 0.3 is 0 Å². The molecule has 1 aliphatic rings. The number of morpholine rings is 1. The zero-order valence-corrected chi connectivity index (χ0v) is 21.9. The van der Waals surface area contributed by atoms with E-state index in [9.17, 15) is 4.79 Å². The summed E-state index contributed by atoms with van der Waals surface area (Å²) in [5.41, 5.74) is 3.66. The molecule has 3 aromatic rings. The Balaban J connectivity index is 0.00000324. The molecule has 4 rings (SSSR count). The minimum atomic E-state index is -0.0297. The summed E-state index contributed by atoms with van der Waals surface area (Å²) in [6.07, 6.45) is 0.869. The number of halogens is 1. The third kappa shape index (κ3) is 5.81. The molecule has 1 amide bonds. The number of aryl methyl sites for hydroxylation is 1. The second kappa shape index (κ2) is 11.8. The van der Waals surface area contributed by atoms with Gasteiger partial charge in [-0.1, -0.05) is 17.4 Å². The monoisotopic (exact) mass is 504 g/mol. The lowest BCUT2D eigenvalue weighted by Gasteiger charge is -2.27. The van der Waals surface area contributed by atoms with Crippen molar-refractivity contribution >= 4 is 50.7 Å². The Kier molecular flexibility index (Phi) is 9.13. The predicted molar refractivity (Wildman–Crippen MR) is 142 cm³/mol. The highest BCUT2D eigenvalue weighted by Gasteiger charge is 2.23. The van der Waals surface area contributed by atoms with Crippen LogP contribution >= 0.6 is 23.7 Å². The van der Waals surface area contributed by atoms with Gasteiger partial charge in [-0.3, -0.25) is 14.6 Å². The maximum absolute atomic E-state index is 13.6. The molecule has 0 aliphatic carbocycles. The van der Waals surface area contributed by atoms with E-state index in [4.69, 9.17) is 14.5 Å². The number of benzene rings is 2. The molecule has 0 unspecified atom stereocenters. The Morgan fingerprint density at radius 2 is 1.85 bits per heavy atom. The van der Waals surface area contributed by atoms with Crippen LogP contribution in [0, 0.1) is 6.92 Å². The van der Waals surface area contributed by atoms with Crippen LogP contribution in [0.5, 0.6) is 5.75 Å². The summed E-state index contributed by atoms with van der Waals surface area (Å²) < 4.78 is 12.0. The third-order valence-electron chi connectivity index (χ3n) is 5.98. The zero-order chi connectivity index (χ0) is 23.4. The van der Waals surface area contributed by atoms with Crippen molar-refractivity contribution in [3.8, 4) is 5.75 Å². The highest BCUT2D eigenvalue weighted by Crippen LogP contribution is 2.37. The van der Waals surface area contributed by atoms with Crippen LogP contribution in [0.25, 0.3) is 10.2 Å².